The molecule has 0 unspecified atom stereocenters. The monoisotopic (exact) mass is 570 g/mol. The van der Waals surface area contributed by atoms with Gasteiger partial charge in [0, 0.05) is 21.5 Å². The molecule has 210 valence electrons. The second-order valence-corrected chi connectivity index (χ2v) is 10.5. The summed E-state index contributed by atoms with van der Waals surface area (Å²) >= 11 is 0. The first kappa shape index (κ1) is 26.6. The minimum atomic E-state index is 0.496. The zero-order valence-corrected chi connectivity index (χ0v) is 24.2. The minimum absolute atomic E-state index is 0.496. The molecular weight excluding hydrogens is 544 g/mol. The fraction of sp³-hybridized carbons (Fsp3) is 0.0526. The van der Waals surface area contributed by atoms with Gasteiger partial charge < -0.3 is 9.68 Å². The van der Waals surface area contributed by atoms with E-state index in [1.165, 1.54) is 0 Å². The van der Waals surface area contributed by atoms with Crippen molar-refractivity contribution >= 4 is 67.9 Å². The van der Waals surface area contributed by atoms with Gasteiger partial charge in [-0.3, -0.25) is 0 Å². The minimum Gasteiger partial charge on any atom is -0.417 e. The first-order chi connectivity index (χ1) is 21.6. The maximum absolute atomic E-state index is 10.0. The zero-order chi connectivity index (χ0) is 30.2. The van der Waals surface area contributed by atoms with E-state index in [1.54, 1.807) is 26.4 Å². The van der Waals surface area contributed by atoms with Crippen molar-refractivity contribution < 1.29 is 9.68 Å². The van der Waals surface area contributed by atoms with E-state index >= 15 is 0 Å². The van der Waals surface area contributed by atoms with Crippen LogP contribution in [0.2, 0.25) is 0 Å². The summed E-state index contributed by atoms with van der Waals surface area (Å²) in [5.41, 5.74) is 8.30. The lowest BCUT2D eigenvalue weighted by Gasteiger charge is -2.05. The van der Waals surface area contributed by atoms with E-state index < -0.39 is 0 Å². The SMILES string of the molecule is COn1c2ccccc2c2cc(/C=C/c3cc(C#N)c(/C=C/c4ccc5c(c4)c4ccccc4n5OC)cc3C#N)ccc21. The second kappa shape index (κ2) is 10.9. The van der Waals surface area contributed by atoms with Gasteiger partial charge in [-0.15, -0.1) is 0 Å². The Bertz CT molecular complexity index is 2220. The number of hydrogen-bond donors (Lipinski definition) is 0. The molecule has 0 saturated heterocycles. The number of para-hydroxylation sites is 2. The van der Waals surface area contributed by atoms with Gasteiger partial charge >= 0.3 is 0 Å². The summed E-state index contributed by atoms with van der Waals surface area (Å²) in [6.07, 6.45) is 7.72. The third-order valence-electron chi connectivity index (χ3n) is 8.04. The van der Waals surface area contributed by atoms with Crippen LogP contribution in [-0.4, -0.2) is 23.7 Å². The Labute approximate surface area is 254 Å². The summed E-state index contributed by atoms with van der Waals surface area (Å²) in [5, 5.41) is 24.4. The number of nitriles is 2. The Morgan fingerprint density at radius 2 is 0.909 bits per heavy atom. The summed E-state index contributed by atoms with van der Waals surface area (Å²) in [4.78, 5) is 11.3. The number of nitrogens with zero attached hydrogens (tertiary/aromatic N) is 4. The summed E-state index contributed by atoms with van der Waals surface area (Å²) in [7, 11) is 3.32. The molecule has 0 atom stereocenters. The largest absolute Gasteiger partial charge is 0.417 e. The first-order valence-electron chi connectivity index (χ1n) is 14.1. The third-order valence-corrected chi connectivity index (χ3v) is 8.04. The third kappa shape index (κ3) is 4.34. The fourth-order valence-electron chi connectivity index (χ4n) is 5.98. The number of rotatable bonds is 6. The molecule has 2 heterocycles. The van der Waals surface area contributed by atoms with Crippen LogP contribution in [0.4, 0.5) is 0 Å². The number of fused-ring (bicyclic) bond motifs is 6. The number of aromatic nitrogens is 2. The van der Waals surface area contributed by atoms with Crippen molar-refractivity contribution in [1.29, 1.82) is 10.5 Å². The second-order valence-electron chi connectivity index (χ2n) is 10.5. The van der Waals surface area contributed by atoms with Crippen LogP contribution in [0.5, 0.6) is 0 Å². The maximum Gasteiger partial charge on any atom is 0.104 e. The van der Waals surface area contributed by atoms with E-state index in [0.717, 1.165) is 54.7 Å². The Hall–Kier alpha value is -6.24. The molecule has 0 aliphatic carbocycles. The average Bonchev–Trinajstić information content (AvgIpc) is 3.57. The van der Waals surface area contributed by atoms with Gasteiger partial charge in [0.1, 0.15) is 14.2 Å². The molecule has 44 heavy (non-hydrogen) atoms. The number of benzene rings is 5. The average molecular weight is 571 g/mol. The summed E-state index contributed by atoms with van der Waals surface area (Å²) in [6.45, 7) is 0. The highest BCUT2D eigenvalue weighted by molar-refractivity contribution is 6.09. The lowest BCUT2D eigenvalue weighted by Crippen LogP contribution is -2.04. The van der Waals surface area contributed by atoms with Gasteiger partial charge in [0.2, 0.25) is 0 Å². The lowest BCUT2D eigenvalue weighted by atomic mass is 9.97. The summed E-state index contributed by atoms with van der Waals surface area (Å²) < 4.78 is 3.65. The Balaban J connectivity index is 1.23. The molecule has 0 radical (unpaired) electrons. The van der Waals surface area contributed by atoms with Crippen LogP contribution in [0.15, 0.2) is 97.1 Å². The van der Waals surface area contributed by atoms with Gasteiger partial charge in [-0.2, -0.15) is 20.0 Å². The standard InChI is InChI=1S/C38H26N4O2/c1-43-41-35-9-5-3-7-31(35)33-19-25(13-17-37(33)41)11-15-27-21-30(24-40)28(22-29(27)23-39)16-12-26-14-18-38-34(20-26)32-8-4-6-10-36(32)42(38)44-2/h3-22H,1-2H3/b15-11+,16-12+. The lowest BCUT2D eigenvalue weighted by molar-refractivity contribution is 0.190. The van der Waals surface area contributed by atoms with E-state index in [1.807, 2.05) is 94.4 Å². The van der Waals surface area contributed by atoms with Crippen LogP contribution in [0.1, 0.15) is 33.4 Å². The predicted molar refractivity (Wildman–Crippen MR) is 178 cm³/mol. The molecule has 7 aromatic rings. The molecule has 0 N–H and O–H groups in total. The van der Waals surface area contributed by atoms with Crippen molar-refractivity contribution in [2.24, 2.45) is 0 Å². The summed E-state index contributed by atoms with van der Waals surface area (Å²) in [5.74, 6) is 0. The van der Waals surface area contributed by atoms with Crippen molar-refractivity contribution in [2.75, 3.05) is 14.2 Å². The molecule has 0 saturated carbocycles. The smallest absolute Gasteiger partial charge is 0.104 e. The molecule has 0 aliphatic heterocycles. The van der Waals surface area contributed by atoms with Crippen LogP contribution < -0.4 is 9.68 Å². The molecule has 0 bridgehead atoms. The predicted octanol–water partition coefficient (Wildman–Crippen LogP) is 8.10. The Kier molecular flexibility index (Phi) is 6.58. The Morgan fingerprint density at radius 1 is 0.500 bits per heavy atom. The van der Waals surface area contributed by atoms with E-state index in [2.05, 4.69) is 36.4 Å². The van der Waals surface area contributed by atoms with Crippen LogP contribution >= 0.6 is 0 Å². The van der Waals surface area contributed by atoms with E-state index in [-0.39, 0.29) is 0 Å². The fourth-order valence-corrected chi connectivity index (χ4v) is 5.98. The summed E-state index contributed by atoms with van der Waals surface area (Å²) in [6, 6.07) is 36.7. The van der Waals surface area contributed by atoms with E-state index in [4.69, 9.17) is 9.68 Å². The first-order valence-corrected chi connectivity index (χ1v) is 14.1. The highest BCUT2D eigenvalue weighted by Crippen LogP contribution is 2.31. The van der Waals surface area contributed by atoms with Crippen LogP contribution in [0.3, 0.4) is 0 Å². The van der Waals surface area contributed by atoms with Gasteiger partial charge in [0.25, 0.3) is 0 Å². The zero-order valence-electron chi connectivity index (χ0n) is 24.2. The Morgan fingerprint density at radius 3 is 1.32 bits per heavy atom. The molecule has 0 fully saturated rings. The van der Waals surface area contributed by atoms with Crippen molar-refractivity contribution in [1.82, 2.24) is 9.46 Å². The molecular formula is C38H26N4O2. The topological polar surface area (TPSA) is 75.9 Å². The van der Waals surface area contributed by atoms with Crippen LogP contribution in [0.25, 0.3) is 67.9 Å². The van der Waals surface area contributed by atoms with Crippen molar-refractivity contribution in [2.45, 2.75) is 0 Å². The van der Waals surface area contributed by atoms with Gasteiger partial charge in [0.15, 0.2) is 0 Å². The van der Waals surface area contributed by atoms with E-state index in [0.29, 0.717) is 22.3 Å². The van der Waals surface area contributed by atoms with Crippen LogP contribution in [0, 0.1) is 22.7 Å². The molecule has 6 nitrogen and oxygen atoms in total. The van der Waals surface area contributed by atoms with E-state index in [9.17, 15) is 10.5 Å². The molecule has 6 heteroatoms. The van der Waals surface area contributed by atoms with Crippen molar-refractivity contribution in [3.8, 4) is 12.1 Å². The van der Waals surface area contributed by atoms with Crippen molar-refractivity contribution in [3.63, 3.8) is 0 Å². The van der Waals surface area contributed by atoms with Crippen LogP contribution in [-0.2, 0) is 0 Å². The molecule has 0 spiro atoms. The molecule has 2 aromatic heterocycles. The molecule has 0 aliphatic rings. The van der Waals surface area contributed by atoms with Gasteiger partial charge in [0.05, 0.1) is 45.3 Å². The van der Waals surface area contributed by atoms with Crippen molar-refractivity contribution in [3.05, 3.63) is 130 Å². The van der Waals surface area contributed by atoms with Gasteiger partial charge in [-0.25, -0.2) is 0 Å². The quantitative estimate of drug-likeness (QED) is 0.189. The molecule has 0 amide bonds. The number of hydrogen-bond acceptors (Lipinski definition) is 4. The highest BCUT2D eigenvalue weighted by Gasteiger charge is 2.13. The highest BCUT2D eigenvalue weighted by atomic mass is 16.6. The van der Waals surface area contributed by atoms with Gasteiger partial charge in [-0.05, 0) is 70.8 Å². The molecule has 5 aromatic carbocycles. The maximum atomic E-state index is 10.0. The normalized spacial score (nSPS) is 11.6. The molecule has 7 rings (SSSR count). The van der Waals surface area contributed by atoms with Gasteiger partial charge in [-0.1, -0.05) is 72.8 Å².